The molecule has 0 atom stereocenters. The molecule has 1 aromatic heterocycles. The summed E-state index contributed by atoms with van der Waals surface area (Å²) in [6.45, 7) is 6.40. The molecule has 2 aromatic carbocycles. The first-order chi connectivity index (χ1) is 12.0. The Morgan fingerprint density at radius 1 is 1.04 bits per heavy atom. The Morgan fingerprint density at radius 3 is 2.52 bits per heavy atom. The van der Waals surface area contributed by atoms with Crippen LogP contribution in [-0.4, -0.2) is 16.4 Å². The Hall–Kier alpha value is -2.46. The second-order valence-corrected chi connectivity index (χ2v) is 6.54. The van der Waals surface area contributed by atoms with E-state index in [0.29, 0.717) is 6.54 Å². The average Bonchev–Trinajstić information content (AvgIpc) is 2.58. The number of aromatic amines is 1. The standard InChI is InChI=1S/C21H23FN2O/c1-3-10-24(13-16-5-7-17(22)8-6-16)14-18-12-21(25)19-11-15(2)4-9-20(19)23-18/h4-9,11-12H,3,10,13-14H2,1-2H3,(H,23,25). The molecule has 0 fully saturated rings. The van der Waals surface area contributed by atoms with Crippen molar-refractivity contribution in [2.75, 3.05) is 6.54 Å². The lowest BCUT2D eigenvalue weighted by Gasteiger charge is -2.22. The molecule has 0 bridgehead atoms. The van der Waals surface area contributed by atoms with E-state index in [2.05, 4.69) is 16.8 Å². The van der Waals surface area contributed by atoms with E-state index in [-0.39, 0.29) is 11.2 Å². The SMILES string of the molecule is CCCN(Cc1ccc(F)cc1)Cc1cc(=O)c2cc(C)ccc2[nH]1. The summed E-state index contributed by atoms with van der Waals surface area (Å²) in [7, 11) is 0. The minimum absolute atomic E-state index is 0.0469. The van der Waals surface area contributed by atoms with Crippen LogP contribution in [0.25, 0.3) is 10.9 Å². The number of aromatic nitrogens is 1. The summed E-state index contributed by atoms with van der Waals surface area (Å²) in [6, 6.07) is 14.2. The van der Waals surface area contributed by atoms with Crippen LogP contribution in [0.1, 0.15) is 30.2 Å². The molecule has 3 aromatic rings. The number of benzene rings is 2. The Morgan fingerprint density at radius 2 is 1.80 bits per heavy atom. The van der Waals surface area contributed by atoms with Crippen molar-refractivity contribution in [3.63, 3.8) is 0 Å². The van der Waals surface area contributed by atoms with Crippen molar-refractivity contribution in [3.8, 4) is 0 Å². The zero-order valence-corrected chi connectivity index (χ0v) is 14.7. The van der Waals surface area contributed by atoms with Crippen LogP contribution in [0.15, 0.2) is 53.3 Å². The van der Waals surface area contributed by atoms with Crippen LogP contribution in [0, 0.1) is 12.7 Å². The molecule has 130 valence electrons. The van der Waals surface area contributed by atoms with Crippen molar-refractivity contribution in [1.82, 2.24) is 9.88 Å². The van der Waals surface area contributed by atoms with Crippen LogP contribution in [0.4, 0.5) is 4.39 Å². The van der Waals surface area contributed by atoms with Gasteiger partial charge in [-0.3, -0.25) is 9.69 Å². The molecule has 25 heavy (non-hydrogen) atoms. The van der Waals surface area contributed by atoms with Gasteiger partial charge in [0.05, 0.1) is 0 Å². The van der Waals surface area contributed by atoms with Gasteiger partial charge < -0.3 is 4.98 Å². The van der Waals surface area contributed by atoms with Crippen molar-refractivity contribution in [2.45, 2.75) is 33.4 Å². The van der Waals surface area contributed by atoms with Crippen LogP contribution in [0.3, 0.4) is 0 Å². The third-order valence-corrected chi connectivity index (χ3v) is 4.29. The first-order valence-electron chi connectivity index (χ1n) is 8.64. The lowest BCUT2D eigenvalue weighted by atomic mass is 10.1. The summed E-state index contributed by atoms with van der Waals surface area (Å²) < 4.78 is 13.1. The second-order valence-electron chi connectivity index (χ2n) is 6.54. The molecule has 4 heteroatoms. The summed E-state index contributed by atoms with van der Waals surface area (Å²) in [4.78, 5) is 18.0. The lowest BCUT2D eigenvalue weighted by molar-refractivity contribution is 0.254. The van der Waals surface area contributed by atoms with Gasteiger partial charge >= 0.3 is 0 Å². The number of fused-ring (bicyclic) bond motifs is 1. The van der Waals surface area contributed by atoms with E-state index >= 15 is 0 Å². The number of nitrogens with one attached hydrogen (secondary N) is 1. The van der Waals surface area contributed by atoms with Gasteiger partial charge in [-0.2, -0.15) is 0 Å². The summed E-state index contributed by atoms with van der Waals surface area (Å²) in [6.07, 6.45) is 1.01. The van der Waals surface area contributed by atoms with Gasteiger partial charge in [0.25, 0.3) is 0 Å². The Kier molecular flexibility index (Phi) is 5.29. The van der Waals surface area contributed by atoms with E-state index in [1.54, 1.807) is 6.07 Å². The first kappa shape index (κ1) is 17.4. The molecular weight excluding hydrogens is 315 g/mol. The molecule has 3 nitrogen and oxygen atoms in total. The van der Waals surface area contributed by atoms with E-state index < -0.39 is 0 Å². The molecule has 0 aliphatic carbocycles. The van der Waals surface area contributed by atoms with Crippen molar-refractivity contribution < 1.29 is 4.39 Å². The van der Waals surface area contributed by atoms with Gasteiger partial charge in [-0.15, -0.1) is 0 Å². The number of hydrogen-bond donors (Lipinski definition) is 1. The fourth-order valence-electron chi connectivity index (χ4n) is 3.12. The lowest BCUT2D eigenvalue weighted by Crippen LogP contribution is -2.25. The zero-order valence-electron chi connectivity index (χ0n) is 14.7. The van der Waals surface area contributed by atoms with Gasteiger partial charge in [0.15, 0.2) is 5.43 Å². The number of halogens is 1. The van der Waals surface area contributed by atoms with Gasteiger partial charge in [0, 0.05) is 35.8 Å². The molecule has 0 aliphatic rings. The Labute approximate surface area is 147 Å². The molecule has 0 aliphatic heterocycles. The van der Waals surface area contributed by atoms with Crippen LogP contribution in [0.2, 0.25) is 0 Å². The van der Waals surface area contributed by atoms with Crippen molar-refractivity contribution in [3.05, 3.63) is 81.4 Å². The largest absolute Gasteiger partial charge is 0.357 e. The van der Waals surface area contributed by atoms with Crippen LogP contribution in [-0.2, 0) is 13.1 Å². The fraction of sp³-hybridized carbons (Fsp3) is 0.286. The van der Waals surface area contributed by atoms with Crippen molar-refractivity contribution in [1.29, 1.82) is 0 Å². The monoisotopic (exact) mass is 338 g/mol. The van der Waals surface area contributed by atoms with E-state index in [1.807, 2.05) is 37.3 Å². The number of hydrogen-bond acceptors (Lipinski definition) is 2. The maximum Gasteiger partial charge on any atom is 0.189 e. The molecule has 0 radical (unpaired) electrons. The number of pyridine rings is 1. The normalized spacial score (nSPS) is 11.4. The number of H-pyrrole nitrogens is 1. The Balaban J connectivity index is 1.84. The van der Waals surface area contributed by atoms with Crippen LogP contribution < -0.4 is 5.43 Å². The Bertz CT molecular complexity index is 915. The molecule has 0 unspecified atom stereocenters. The average molecular weight is 338 g/mol. The maximum atomic E-state index is 13.1. The number of nitrogens with zero attached hydrogens (tertiary/aromatic N) is 1. The molecule has 1 N–H and O–H groups in total. The molecule has 0 amide bonds. The quantitative estimate of drug-likeness (QED) is 0.724. The van der Waals surface area contributed by atoms with Gasteiger partial charge in [0.2, 0.25) is 0 Å². The maximum absolute atomic E-state index is 13.1. The van der Waals surface area contributed by atoms with E-state index in [1.165, 1.54) is 12.1 Å². The second kappa shape index (κ2) is 7.62. The summed E-state index contributed by atoms with van der Waals surface area (Å²) in [5.41, 5.74) is 3.96. The highest BCUT2D eigenvalue weighted by atomic mass is 19.1. The molecule has 0 saturated heterocycles. The van der Waals surface area contributed by atoms with Crippen molar-refractivity contribution >= 4 is 10.9 Å². The van der Waals surface area contributed by atoms with E-state index in [0.717, 1.165) is 47.2 Å². The highest BCUT2D eigenvalue weighted by molar-refractivity contribution is 5.79. The van der Waals surface area contributed by atoms with Gasteiger partial charge in [0.1, 0.15) is 5.82 Å². The minimum Gasteiger partial charge on any atom is -0.357 e. The highest BCUT2D eigenvalue weighted by Gasteiger charge is 2.09. The van der Waals surface area contributed by atoms with Crippen LogP contribution in [0.5, 0.6) is 0 Å². The zero-order chi connectivity index (χ0) is 17.8. The molecule has 0 saturated carbocycles. The smallest absolute Gasteiger partial charge is 0.189 e. The van der Waals surface area contributed by atoms with Gasteiger partial charge in [-0.1, -0.05) is 30.7 Å². The number of aryl methyl sites for hydroxylation is 1. The third kappa shape index (κ3) is 4.34. The predicted molar refractivity (Wildman–Crippen MR) is 100 cm³/mol. The predicted octanol–water partition coefficient (Wildman–Crippen LogP) is 4.39. The van der Waals surface area contributed by atoms with Gasteiger partial charge in [-0.25, -0.2) is 4.39 Å². The third-order valence-electron chi connectivity index (χ3n) is 4.29. The first-order valence-corrected chi connectivity index (χ1v) is 8.64. The molecule has 3 rings (SSSR count). The topological polar surface area (TPSA) is 36.1 Å². The molecule has 0 spiro atoms. The minimum atomic E-state index is -0.222. The summed E-state index contributed by atoms with van der Waals surface area (Å²) >= 11 is 0. The fourth-order valence-corrected chi connectivity index (χ4v) is 3.12. The summed E-state index contributed by atoms with van der Waals surface area (Å²) in [5.74, 6) is -0.222. The highest BCUT2D eigenvalue weighted by Crippen LogP contribution is 2.14. The molecular formula is C21H23FN2O. The summed E-state index contributed by atoms with van der Waals surface area (Å²) in [5, 5.41) is 0.726. The van der Waals surface area contributed by atoms with Gasteiger partial charge in [-0.05, 0) is 49.7 Å². The van der Waals surface area contributed by atoms with Crippen molar-refractivity contribution in [2.24, 2.45) is 0 Å². The number of rotatable bonds is 6. The van der Waals surface area contributed by atoms with E-state index in [9.17, 15) is 9.18 Å². The van der Waals surface area contributed by atoms with E-state index in [4.69, 9.17) is 0 Å². The molecule has 1 heterocycles. The van der Waals surface area contributed by atoms with Crippen LogP contribution >= 0.6 is 0 Å².